The standard InChI is InChI=1S/C10H16O3/c1-3-5-7-8(6-4-2)10(12)13-9(7)11/h7-8H,3-6H2,1-2H3. The van der Waals surface area contributed by atoms with Gasteiger partial charge < -0.3 is 4.74 Å². The highest BCUT2D eigenvalue weighted by molar-refractivity contribution is 5.96. The smallest absolute Gasteiger partial charge is 0.317 e. The molecule has 0 radical (unpaired) electrons. The number of hydrogen-bond acceptors (Lipinski definition) is 3. The predicted molar refractivity (Wildman–Crippen MR) is 47.9 cm³/mol. The molecule has 1 heterocycles. The number of hydrogen-bond donors (Lipinski definition) is 0. The van der Waals surface area contributed by atoms with E-state index in [1.54, 1.807) is 0 Å². The molecule has 0 aromatic carbocycles. The number of ether oxygens (including phenoxy) is 1. The van der Waals surface area contributed by atoms with E-state index in [2.05, 4.69) is 4.74 Å². The van der Waals surface area contributed by atoms with Crippen molar-refractivity contribution in [2.75, 3.05) is 0 Å². The van der Waals surface area contributed by atoms with Crippen LogP contribution in [0.2, 0.25) is 0 Å². The van der Waals surface area contributed by atoms with Gasteiger partial charge in [-0.3, -0.25) is 9.59 Å². The predicted octanol–water partition coefficient (Wildman–Crippen LogP) is 1.90. The molecule has 0 aromatic heterocycles. The van der Waals surface area contributed by atoms with Gasteiger partial charge in [0, 0.05) is 0 Å². The molecule has 0 bridgehead atoms. The van der Waals surface area contributed by atoms with Gasteiger partial charge in [-0.1, -0.05) is 26.7 Å². The Morgan fingerprint density at radius 2 is 1.38 bits per heavy atom. The van der Waals surface area contributed by atoms with Crippen molar-refractivity contribution in [2.45, 2.75) is 39.5 Å². The second-order valence-electron chi connectivity index (χ2n) is 3.53. The van der Waals surface area contributed by atoms with E-state index >= 15 is 0 Å². The molecule has 1 aliphatic rings. The lowest BCUT2D eigenvalue weighted by atomic mass is 9.88. The Morgan fingerprint density at radius 3 is 1.69 bits per heavy atom. The van der Waals surface area contributed by atoms with E-state index in [1.807, 2.05) is 13.8 Å². The molecule has 0 aromatic rings. The van der Waals surface area contributed by atoms with Crippen LogP contribution in [0.5, 0.6) is 0 Å². The van der Waals surface area contributed by atoms with Gasteiger partial charge in [-0.25, -0.2) is 0 Å². The molecule has 2 unspecified atom stereocenters. The molecule has 1 rings (SSSR count). The molecule has 0 N–H and O–H groups in total. The summed E-state index contributed by atoms with van der Waals surface area (Å²) < 4.78 is 4.61. The molecular formula is C10H16O3. The van der Waals surface area contributed by atoms with Crippen LogP contribution in [-0.4, -0.2) is 11.9 Å². The van der Waals surface area contributed by atoms with Gasteiger partial charge in [-0.15, -0.1) is 0 Å². The monoisotopic (exact) mass is 184 g/mol. The van der Waals surface area contributed by atoms with Crippen LogP contribution in [0.4, 0.5) is 0 Å². The summed E-state index contributed by atoms with van der Waals surface area (Å²) in [6.07, 6.45) is 3.39. The second-order valence-corrected chi connectivity index (χ2v) is 3.53. The van der Waals surface area contributed by atoms with Gasteiger partial charge in [0.2, 0.25) is 0 Å². The average Bonchev–Trinajstić information content (AvgIpc) is 2.33. The molecule has 1 saturated heterocycles. The van der Waals surface area contributed by atoms with Crippen molar-refractivity contribution in [1.82, 2.24) is 0 Å². The van der Waals surface area contributed by atoms with Crippen molar-refractivity contribution < 1.29 is 14.3 Å². The lowest BCUT2D eigenvalue weighted by molar-refractivity contribution is -0.153. The van der Waals surface area contributed by atoms with Crippen molar-refractivity contribution in [3.8, 4) is 0 Å². The first-order chi connectivity index (χ1) is 6.20. The summed E-state index contributed by atoms with van der Waals surface area (Å²) in [6, 6.07) is 0. The SMILES string of the molecule is CCCC1C(=O)OC(=O)C1CCC. The fraction of sp³-hybridized carbons (Fsp3) is 0.800. The Kier molecular flexibility index (Phi) is 3.46. The Balaban J connectivity index is 2.65. The maximum absolute atomic E-state index is 11.2. The van der Waals surface area contributed by atoms with Crippen LogP contribution in [0, 0.1) is 11.8 Å². The first kappa shape index (κ1) is 10.2. The van der Waals surface area contributed by atoms with Gasteiger partial charge in [0.05, 0.1) is 11.8 Å². The Bertz CT molecular complexity index is 188. The van der Waals surface area contributed by atoms with Crippen LogP contribution in [0.25, 0.3) is 0 Å². The van der Waals surface area contributed by atoms with Crippen molar-refractivity contribution in [2.24, 2.45) is 11.8 Å². The first-order valence-corrected chi connectivity index (χ1v) is 4.96. The van der Waals surface area contributed by atoms with Crippen LogP contribution < -0.4 is 0 Å². The van der Waals surface area contributed by atoms with Crippen molar-refractivity contribution in [1.29, 1.82) is 0 Å². The maximum Gasteiger partial charge on any atom is 0.317 e. The third kappa shape index (κ3) is 2.08. The van der Waals surface area contributed by atoms with Gasteiger partial charge in [-0.05, 0) is 12.8 Å². The molecule has 74 valence electrons. The molecule has 0 saturated carbocycles. The number of cyclic esters (lactones) is 2. The van der Waals surface area contributed by atoms with Gasteiger partial charge in [0.15, 0.2) is 0 Å². The van der Waals surface area contributed by atoms with Crippen molar-refractivity contribution >= 4 is 11.9 Å². The van der Waals surface area contributed by atoms with Gasteiger partial charge >= 0.3 is 11.9 Å². The molecule has 3 heteroatoms. The Hall–Kier alpha value is -0.860. The van der Waals surface area contributed by atoms with E-state index < -0.39 is 0 Å². The quantitative estimate of drug-likeness (QED) is 0.495. The summed E-state index contributed by atoms with van der Waals surface area (Å²) >= 11 is 0. The molecule has 0 aliphatic carbocycles. The Labute approximate surface area is 78.5 Å². The zero-order valence-corrected chi connectivity index (χ0v) is 8.21. The largest absolute Gasteiger partial charge is 0.393 e. The number of carbonyl (C=O) groups excluding carboxylic acids is 2. The Morgan fingerprint density at radius 1 is 1.00 bits per heavy atom. The van der Waals surface area contributed by atoms with E-state index in [9.17, 15) is 9.59 Å². The van der Waals surface area contributed by atoms with Crippen LogP contribution in [0.1, 0.15) is 39.5 Å². The highest BCUT2D eigenvalue weighted by Crippen LogP contribution is 2.30. The minimum atomic E-state index is -0.315. The van der Waals surface area contributed by atoms with Gasteiger partial charge in [0.25, 0.3) is 0 Å². The van der Waals surface area contributed by atoms with E-state index in [1.165, 1.54) is 0 Å². The summed E-state index contributed by atoms with van der Waals surface area (Å²) in [4.78, 5) is 22.4. The van der Waals surface area contributed by atoms with E-state index in [4.69, 9.17) is 0 Å². The third-order valence-electron chi connectivity index (χ3n) is 2.49. The summed E-state index contributed by atoms with van der Waals surface area (Å²) in [5, 5.41) is 0. The van der Waals surface area contributed by atoms with Crippen LogP contribution in [-0.2, 0) is 14.3 Å². The molecule has 0 amide bonds. The van der Waals surface area contributed by atoms with Crippen molar-refractivity contribution in [3.63, 3.8) is 0 Å². The maximum atomic E-state index is 11.2. The second kappa shape index (κ2) is 4.40. The highest BCUT2D eigenvalue weighted by atomic mass is 16.6. The minimum Gasteiger partial charge on any atom is -0.393 e. The van der Waals surface area contributed by atoms with E-state index in [-0.39, 0.29) is 23.8 Å². The van der Waals surface area contributed by atoms with Crippen LogP contribution in [0.3, 0.4) is 0 Å². The zero-order valence-electron chi connectivity index (χ0n) is 8.21. The normalized spacial score (nSPS) is 27.8. The molecule has 1 fully saturated rings. The lowest BCUT2D eigenvalue weighted by Crippen LogP contribution is -2.17. The number of carbonyl (C=O) groups is 2. The third-order valence-corrected chi connectivity index (χ3v) is 2.49. The van der Waals surface area contributed by atoms with E-state index in [0.717, 1.165) is 25.7 Å². The number of rotatable bonds is 4. The topological polar surface area (TPSA) is 43.4 Å². The van der Waals surface area contributed by atoms with Crippen LogP contribution >= 0.6 is 0 Å². The molecule has 3 nitrogen and oxygen atoms in total. The lowest BCUT2D eigenvalue weighted by Gasteiger charge is -2.10. The fourth-order valence-corrected chi connectivity index (χ4v) is 1.84. The minimum absolute atomic E-state index is 0.169. The summed E-state index contributed by atoms with van der Waals surface area (Å²) in [7, 11) is 0. The highest BCUT2D eigenvalue weighted by Gasteiger charge is 2.42. The number of esters is 2. The van der Waals surface area contributed by atoms with Gasteiger partial charge in [0.1, 0.15) is 0 Å². The molecule has 13 heavy (non-hydrogen) atoms. The molecule has 1 aliphatic heterocycles. The van der Waals surface area contributed by atoms with Crippen LogP contribution in [0.15, 0.2) is 0 Å². The average molecular weight is 184 g/mol. The molecule has 2 atom stereocenters. The zero-order chi connectivity index (χ0) is 9.84. The fourth-order valence-electron chi connectivity index (χ4n) is 1.84. The summed E-state index contributed by atoms with van der Waals surface area (Å²) in [5.41, 5.74) is 0. The van der Waals surface area contributed by atoms with Crippen molar-refractivity contribution in [3.05, 3.63) is 0 Å². The van der Waals surface area contributed by atoms with E-state index in [0.29, 0.717) is 0 Å². The molecular weight excluding hydrogens is 168 g/mol. The summed E-state index contributed by atoms with van der Waals surface area (Å²) in [6.45, 7) is 4.03. The van der Waals surface area contributed by atoms with Gasteiger partial charge in [-0.2, -0.15) is 0 Å². The first-order valence-electron chi connectivity index (χ1n) is 4.96. The molecule has 0 spiro atoms. The summed E-state index contributed by atoms with van der Waals surface area (Å²) in [5.74, 6) is -0.967.